The summed E-state index contributed by atoms with van der Waals surface area (Å²) < 4.78 is 33.7. The minimum absolute atomic E-state index is 0.0267. The monoisotopic (exact) mass is 471 g/mol. The Bertz CT molecular complexity index is 711. The highest BCUT2D eigenvalue weighted by atomic mass is 19.3. The maximum absolute atomic E-state index is 14.3. The van der Waals surface area contributed by atoms with Crippen molar-refractivity contribution in [3.05, 3.63) is 23.8 Å². The molecule has 188 valence electrons. The van der Waals surface area contributed by atoms with Crippen LogP contribution in [0, 0.1) is 5.92 Å². The van der Waals surface area contributed by atoms with Crippen LogP contribution >= 0.6 is 0 Å². The Balaban J connectivity index is 1.82. The minimum Gasteiger partial charge on any atom is -0.480 e. The highest BCUT2D eigenvalue weighted by molar-refractivity contribution is 5.80. The first-order valence-corrected chi connectivity index (χ1v) is 11.8. The maximum Gasteiger partial charge on any atom is 0.408 e. The summed E-state index contributed by atoms with van der Waals surface area (Å²) in [5.74, 6) is -4.18. The number of likely N-dealkylation sites (tertiary alicyclic amines) is 1. The Labute approximate surface area is 195 Å². The molecule has 1 unspecified atom stereocenters. The number of carboxylic acids is 1. The number of aliphatic carboxylic acids is 1. The summed E-state index contributed by atoms with van der Waals surface area (Å²) >= 11 is 0. The molecular weight excluding hydrogens is 432 g/mol. The molecule has 0 saturated carbocycles. The van der Waals surface area contributed by atoms with Gasteiger partial charge >= 0.3 is 12.1 Å². The first-order chi connectivity index (χ1) is 15.4. The lowest BCUT2D eigenvalue weighted by atomic mass is 9.90. The number of halogens is 2. The Kier molecular flexibility index (Phi) is 10.3. The van der Waals surface area contributed by atoms with Crippen LogP contribution in [0.15, 0.2) is 23.8 Å². The molecule has 0 spiro atoms. The van der Waals surface area contributed by atoms with Crippen molar-refractivity contribution in [1.82, 2.24) is 15.5 Å². The smallest absolute Gasteiger partial charge is 0.408 e. The van der Waals surface area contributed by atoms with Gasteiger partial charge < -0.3 is 20.5 Å². The number of ether oxygens (including phenoxy) is 1. The Morgan fingerprint density at radius 2 is 2.15 bits per heavy atom. The van der Waals surface area contributed by atoms with Crippen LogP contribution in [-0.4, -0.2) is 72.4 Å². The van der Waals surface area contributed by atoms with Gasteiger partial charge in [-0.2, -0.15) is 0 Å². The van der Waals surface area contributed by atoms with Crippen molar-refractivity contribution in [3.8, 4) is 0 Å². The predicted octanol–water partition coefficient (Wildman–Crippen LogP) is 3.96. The van der Waals surface area contributed by atoms with Gasteiger partial charge in [0, 0.05) is 26.1 Å². The van der Waals surface area contributed by atoms with E-state index in [0.717, 1.165) is 32.4 Å². The number of alkyl carbamates (subject to hydrolysis) is 1. The van der Waals surface area contributed by atoms with Crippen LogP contribution in [0.1, 0.15) is 59.3 Å². The predicted molar refractivity (Wildman–Crippen MR) is 123 cm³/mol. The zero-order valence-corrected chi connectivity index (χ0v) is 20.0. The number of amides is 1. The fraction of sp³-hybridized carbons (Fsp3) is 0.750. The van der Waals surface area contributed by atoms with E-state index in [0.29, 0.717) is 13.0 Å². The number of allylic oxidation sites excluding steroid dienone is 3. The molecule has 9 heteroatoms. The lowest BCUT2D eigenvalue weighted by molar-refractivity contribution is -0.140. The van der Waals surface area contributed by atoms with Crippen LogP contribution in [0.5, 0.6) is 0 Å². The maximum atomic E-state index is 14.3. The number of hydrogen-bond acceptors (Lipinski definition) is 5. The zero-order valence-electron chi connectivity index (χ0n) is 20.0. The SMILES string of the molecule is CC(C)(C)OC(=O)N[C@@H](CCN1CC(CC/C=C/C=C2/CCCNC2)CC(F)(F)C1)C(=O)O. The Morgan fingerprint density at radius 3 is 2.79 bits per heavy atom. The van der Waals surface area contributed by atoms with Crippen LogP contribution in [0.2, 0.25) is 0 Å². The first kappa shape index (κ1) is 27.2. The summed E-state index contributed by atoms with van der Waals surface area (Å²) in [5.41, 5.74) is 0.605. The summed E-state index contributed by atoms with van der Waals surface area (Å²) in [6.45, 7) is 7.26. The summed E-state index contributed by atoms with van der Waals surface area (Å²) in [6, 6.07) is -1.20. The van der Waals surface area contributed by atoms with Crippen molar-refractivity contribution < 1.29 is 28.2 Å². The molecule has 0 radical (unpaired) electrons. The molecule has 0 aromatic carbocycles. The molecule has 7 nitrogen and oxygen atoms in total. The molecule has 0 bridgehead atoms. The number of piperidine rings is 2. The van der Waals surface area contributed by atoms with Gasteiger partial charge in [-0.05, 0) is 65.3 Å². The van der Waals surface area contributed by atoms with Crippen LogP contribution in [0.4, 0.5) is 13.6 Å². The standard InChI is InChI=1S/C24H39F2N3O4/c1-23(2,3)33-22(32)28-20(21(30)31)11-13-29-16-19(14-24(25,26)17-29)9-6-4-5-8-18-10-7-12-27-15-18/h4-5,8,19-20,27H,6-7,9-17H2,1-3H3,(H,28,32)(H,30,31)/b5-4+,18-8-/t19?,20-/m0/s1. The number of carbonyl (C=O) groups excluding carboxylic acids is 1. The number of hydrogen-bond donors (Lipinski definition) is 3. The third-order valence-corrected chi connectivity index (χ3v) is 5.69. The lowest BCUT2D eigenvalue weighted by Gasteiger charge is -2.38. The van der Waals surface area contributed by atoms with Gasteiger partial charge in [0.15, 0.2) is 0 Å². The Hall–Kier alpha value is -2.00. The van der Waals surface area contributed by atoms with E-state index in [1.54, 1.807) is 25.7 Å². The van der Waals surface area contributed by atoms with Crippen LogP contribution in [-0.2, 0) is 9.53 Å². The van der Waals surface area contributed by atoms with Gasteiger partial charge in [-0.25, -0.2) is 18.4 Å². The van der Waals surface area contributed by atoms with E-state index >= 15 is 0 Å². The lowest BCUT2D eigenvalue weighted by Crippen LogP contribution is -2.50. The topological polar surface area (TPSA) is 90.9 Å². The van der Waals surface area contributed by atoms with E-state index in [9.17, 15) is 23.5 Å². The molecule has 2 saturated heterocycles. The third-order valence-electron chi connectivity index (χ3n) is 5.69. The second-order valence-electron chi connectivity index (χ2n) is 10.1. The minimum atomic E-state index is -2.81. The zero-order chi connectivity index (χ0) is 24.5. The molecule has 1 amide bonds. The number of rotatable bonds is 9. The van der Waals surface area contributed by atoms with Crippen LogP contribution < -0.4 is 10.6 Å². The molecule has 2 heterocycles. The van der Waals surface area contributed by atoms with Gasteiger partial charge in [-0.15, -0.1) is 0 Å². The fourth-order valence-corrected chi connectivity index (χ4v) is 4.24. The third kappa shape index (κ3) is 11.1. The van der Waals surface area contributed by atoms with Gasteiger partial charge in [-0.1, -0.05) is 23.8 Å². The van der Waals surface area contributed by atoms with Gasteiger partial charge in [0.25, 0.3) is 5.92 Å². The molecule has 0 aliphatic carbocycles. The molecule has 2 aliphatic heterocycles. The summed E-state index contributed by atoms with van der Waals surface area (Å²) in [5, 5.41) is 15.1. The van der Waals surface area contributed by atoms with E-state index in [2.05, 4.69) is 16.7 Å². The average molecular weight is 472 g/mol. The normalized spacial score (nSPS) is 24.0. The highest BCUT2D eigenvalue weighted by Crippen LogP contribution is 2.33. The molecule has 2 fully saturated rings. The highest BCUT2D eigenvalue weighted by Gasteiger charge is 2.40. The number of carbonyl (C=O) groups is 2. The van der Waals surface area contributed by atoms with Crippen LogP contribution in [0.3, 0.4) is 0 Å². The number of nitrogens with zero attached hydrogens (tertiary/aromatic N) is 1. The molecule has 2 atom stereocenters. The molecule has 0 aromatic heterocycles. The van der Waals surface area contributed by atoms with E-state index < -0.39 is 36.2 Å². The molecule has 33 heavy (non-hydrogen) atoms. The number of nitrogens with one attached hydrogen (secondary N) is 2. The van der Waals surface area contributed by atoms with Gasteiger partial charge in [0.2, 0.25) is 0 Å². The van der Waals surface area contributed by atoms with Gasteiger partial charge in [0.05, 0.1) is 6.54 Å². The molecule has 3 N–H and O–H groups in total. The average Bonchev–Trinajstić information content (AvgIpc) is 2.69. The number of carboxylic acid groups (broad SMARTS) is 1. The second-order valence-corrected chi connectivity index (χ2v) is 10.1. The second kappa shape index (κ2) is 12.5. The van der Waals surface area contributed by atoms with Crippen molar-refractivity contribution in [3.63, 3.8) is 0 Å². The van der Waals surface area contributed by atoms with Gasteiger partial charge in [0.1, 0.15) is 11.6 Å². The van der Waals surface area contributed by atoms with Crippen molar-refractivity contribution in [1.29, 1.82) is 0 Å². The molecule has 2 aliphatic rings. The summed E-state index contributed by atoms with van der Waals surface area (Å²) in [4.78, 5) is 25.0. The fourth-order valence-electron chi connectivity index (χ4n) is 4.24. The summed E-state index contributed by atoms with van der Waals surface area (Å²) in [7, 11) is 0. The molecule has 0 aromatic rings. The van der Waals surface area contributed by atoms with Gasteiger partial charge in [-0.3, -0.25) is 4.90 Å². The first-order valence-electron chi connectivity index (χ1n) is 11.8. The van der Waals surface area contributed by atoms with Crippen molar-refractivity contribution in [2.45, 2.75) is 76.9 Å². The molecule has 2 rings (SSSR count). The van der Waals surface area contributed by atoms with Crippen molar-refractivity contribution in [2.24, 2.45) is 5.92 Å². The quantitative estimate of drug-likeness (QED) is 0.472. The van der Waals surface area contributed by atoms with E-state index in [4.69, 9.17) is 4.74 Å². The number of alkyl halides is 2. The molecular formula is C24H39F2N3O4. The van der Waals surface area contributed by atoms with Crippen molar-refractivity contribution in [2.75, 3.05) is 32.7 Å². The largest absolute Gasteiger partial charge is 0.480 e. The van der Waals surface area contributed by atoms with E-state index in [-0.39, 0.29) is 25.3 Å². The van der Waals surface area contributed by atoms with Crippen molar-refractivity contribution >= 4 is 12.1 Å². The van der Waals surface area contributed by atoms with Crippen LogP contribution in [0.25, 0.3) is 0 Å². The van der Waals surface area contributed by atoms with E-state index in [1.807, 2.05) is 12.2 Å². The summed E-state index contributed by atoms with van der Waals surface area (Å²) in [6.07, 6.45) is 8.82. The van der Waals surface area contributed by atoms with E-state index in [1.165, 1.54) is 5.57 Å². The Morgan fingerprint density at radius 1 is 1.39 bits per heavy atom.